The summed E-state index contributed by atoms with van der Waals surface area (Å²) in [5, 5.41) is 3.44. The van der Waals surface area contributed by atoms with Gasteiger partial charge in [0.1, 0.15) is 12.6 Å². The number of carbonyl (C=O) groups excluding carboxylic acids is 2. The molecule has 3 aromatic carbocycles. The van der Waals surface area contributed by atoms with Crippen LogP contribution in [0.1, 0.15) is 57.6 Å². The van der Waals surface area contributed by atoms with Crippen LogP contribution in [0.15, 0.2) is 83.8 Å². The van der Waals surface area contributed by atoms with E-state index in [1.54, 1.807) is 61.5 Å². The maximum atomic E-state index is 13.9. The molecule has 0 saturated carbocycles. The first-order valence-corrected chi connectivity index (χ1v) is 15.4. The number of carbonyl (C=O) groups is 2. The van der Waals surface area contributed by atoms with E-state index >= 15 is 0 Å². The number of rotatable bonds is 13. The number of anilines is 1. The largest absolute Gasteiger partial charge is 0.354 e. The van der Waals surface area contributed by atoms with Gasteiger partial charge in [-0.2, -0.15) is 0 Å². The molecule has 0 aromatic heterocycles. The molecule has 1 N–H and O–H groups in total. The van der Waals surface area contributed by atoms with Crippen molar-refractivity contribution in [3.8, 4) is 0 Å². The predicted octanol–water partition coefficient (Wildman–Crippen LogP) is 5.99. The van der Waals surface area contributed by atoms with E-state index in [0.717, 1.165) is 28.3 Å². The van der Waals surface area contributed by atoms with Crippen molar-refractivity contribution in [2.75, 3.05) is 17.4 Å². The highest BCUT2D eigenvalue weighted by molar-refractivity contribution is 7.92. The minimum absolute atomic E-state index is 0.0744. The summed E-state index contributed by atoms with van der Waals surface area (Å²) in [4.78, 5) is 28.5. The summed E-state index contributed by atoms with van der Waals surface area (Å²) in [6.45, 7) is 7.93. The Morgan fingerprint density at radius 2 is 1.52 bits per heavy atom. The second kappa shape index (κ2) is 14.3. The van der Waals surface area contributed by atoms with Crippen LogP contribution in [-0.4, -0.2) is 44.3 Å². The molecule has 0 aliphatic rings. The van der Waals surface area contributed by atoms with Crippen LogP contribution >= 0.6 is 11.6 Å². The zero-order chi connectivity index (χ0) is 29.3. The minimum atomic E-state index is -4.09. The van der Waals surface area contributed by atoms with Crippen molar-refractivity contribution in [1.29, 1.82) is 0 Å². The van der Waals surface area contributed by atoms with Crippen molar-refractivity contribution in [3.05, 3.63) is 95.0 Å². The Hall–Kier alpha value is -3.36. The molecule has 0 aliphatic carbocycles. The molecule has 0 saturated heterocycles. The third-order valence-corrected chi connectivity index (χ3v) is 8.76. The zero-order valence-electron chi connectivity index (χ0n) is 23.5. The summed E-state index contributed by atoms with van der Waals surface area (Å²) in [6.07, 6.45) is 1.74. The monoisotopic (exact) mass is 583 g/mol. The highest BCUT2D eigenvalue weighted by Crippen LogP contribution is 2.26. The molecule has 7 nitrogen and oxygen atoms in total. The van der Waals surface area contributed by atoms with E-state index < -0.39 is 28.5 Å². The molecular formula is C31H38ClN3O4S. The van der Waals surface area contributed by atoms with Gasteiger partial charge >= 0.3 is 0 Å². The van der Waals surface area contributed by atoms with Gasteiger partial charge in [0, 0.05) is 18.1 Å². The van der Waals surface area contributed by atoms with Crippen LogP contribution in [0, 0.1) is 0 Å². The van der Waals surface area contributed by atoms with Gasteiger partial charge in [-0.3, -0.25) is 13.9 Å². The van der Waals surface area contributed by atoms with Gasteiger partial charge in [0.2, 0.25) is 11.8 Å². The number of nitrogens with one attached hydrogen (secondary N) is 1. The van der Waals surface area contributed by atoms with E-state index in [-0.39, 0.29) is 23.3 Å². The molecular weight excluding hydrogens is 546 g/mol. The summed E-state index contributed by atoms with van der Waals surface area (Å²) in [7, 11) is -4.09. The minimum Gasteiger partial charge on any atom is -0.354 e. The van der Waals surface area contributed by atoms with Crippen LogP contribution in [-0.2, 0) is 26.2 Å². The highest BCUT2D eigenvalue weighted by atomic mass is 35.5. The number of hydrogen-bond donors (Lipinski definition) is 1. The Morgan fingerprint density at radius 1 is 0.900 bits per heavy atom. The van der Waals surface area contributed by atoms with Crippen LogP contribution in [0.3, 0.4) is 0 Å². The van der Waals surface area contributed by atoms with E-state index in [2.05, 4.69) is 19.2 Å². The fourth-order valence-corrected chi connectivity index (χ4v) is 5.74. The lowest BCUT2D eigenvalue weighted by molar-refractivity contribution is -0.139. The lowest BCUT2D eigenvalue weighted by Gasteiger charge is -2.32. The number of hydrogen-bond acceptors (Lipinski definition) is 4. The van der Waals surface area contributed by atoms with Crippen LogP contribution in [0.25, 0.3) is 0 Å². The molecule has 214 valence electrons. The van der Waals surface area contributed by atoms with Crippen LogP contribution in [0.4, 0.5) is 5.69 Å². The van der Waals surface area contributed by atoms with E-state index in [9.17, 15) is 18.0 Å². The summed E-state index contributed by atoms with van der Waals surface area (Å²) >= 11 is 6.05. The van der Waals surface area contributed by atoms with Gasteiger partial charge < -0.3 is 10.2 Å². The normalized spacial score (nSPS) is 12.2. The van der Waals surface area contributed by atoms with Crippen molar-refractivity contribution in [2.45, 2.75) is 63.9 Å². The molecule has 0 radical (unpaired) electrons. The quantitative estimate of drug-likeness (QED) is 0.250. The van der Waals surface area contributed by atoms with Gasteiger partial charge in [-0.25, -0.2) is 8.42 Å². The van der Waals surface area contributed by atoms with Crippen molar-refractivity contribution >= 4 is 39.1 Å². The molecule has 3 rings (SSSR count). The van der Waals surface area contributed by atoms with Gasteiger partial charge in [0.15, 0.2) is 0 Å². The smallest absolute Gasteiger partial charge is 0.264 e. The summed E-state index contributed by atoms with van der Waals surface area (Å²) in [5.41, 5.74) is 2.19. The fourth-order valence-electron chi connectivity index (χ4n) is 4.18. The maximum absolute atomic E-state index is 13.9. The van der Waals surface area contributed by atoms with Gasteiger partial charge in [-0.05, 0) is 66.8 Å². The second-order valence-electron chi connectivity index (χ2n) is 10.0. The third-order valence-electron chi connectivity index (χ3n) is 6.72. The number of unbranched alkanes of at least 4 members (excludes halogenated alkanes) is 1. The highest BCUT2D eigenvalue weighted by Gasteiger charge is 2.32. The molecule has 1 unspecified atom stereocenters. The summed E-state index contributed by atoms with van der Waals surface area (Å²) in [5.74, 6) is -0.535. The molecule has 2 amide bonds. The Balaban J connectivity index is 1.99. The van der Waals surface area contributed by atoms with E-state index in [4.69, 9.17) is 11.6 Å². The van der Waals surface area contributed by atoms with Crippen molar-refractivity contribution in [2.24, 2.45) is 0 Å². The lowest BCUT2D eigenvalue weighted by atomic mass is 10.0. The van der Waals surface area contributed by atoms with Crippen LogP contribution < -0.4 is 9.62 Å². The molecule has 40 heavy (non-hydrogen) atoms. The Labute approximate surface area is 243 Å². The average molecular weight is 584 g/mol. The number of benzene rings is 3. The number of sulfonamides is 1. The first-order valence-electron chi connectivity index (χ1n) is 13.5. The van der Waals surface area contributed by atoms with Gasteiger partial charge in [0.05, 0.1) is 10.6 Å². The van der Waals surface area contributed by atoms with Crippen LogP contribution in [0.5, 0.6) is 0 Å². The SMILES string of the molecule is CCCCNC(=O)C(C)N(Cc1ccc(Cl)cc1)C(=O)CN(c1ccc(C(C)C)cc1)S(=O)(=O)c1ccccc1. The third kappa shape index (κ3) is 8.08. The number of halogens is 1. The first-order chi connectivity index (χ1) is 19.0. The van der Waals surface area contributed by atoms with Crippen LogP contribution in [0.2, 0.25) is 5.02 Å². The van der Waals surface area contributed by atoms with Gasteiger partial charge in [-0.1, -0.05) is 81.3 Å². The average Bonchev–Trinajstić information content (AvgIpc) is 2.95. The topological polar surface area (TPSA) is 86.8 Å². The number of nitrogens with zero attached hydrogens (tertiary/aromatic N) is 2. The standard InChI is InChI=1S/C31H38ClN3O4S/c1-5-6-20-33-31(37)24(4)34(21-25-12-16-27(32)17-13-25)30(36)22-35(28-18-14-26(15-19-28)23(2)3)40(38,39)29-10-8-7-9-11-29/h7-19,23-24H,5-6,20-22H2,1-4H3,(H,33,37). The molecule has 1 atom stereocenters. The van der Waals surface area contributed by atoms with Crippen molar-refractivity contribution in [1.82, 2.24) is 10.2 Å². The molecule has 9 heteroatoms. The van der Waals surface area contributed by atoms with Gasteiger partial charge in [-0.15, -0.1) is 0 Å². The zero-order valence-corrected chi connectivity index (χ0v) is 25.1. The Morgan fingerprint density at radius 3 is 2.10 bits per heavy atom. The van der Waals surface area contributed by atoms with Gasteiger partial charge in [0.25, 0.3) is 10.0 Å². The molecule has 0 bridgehead atoms. The summed E-state index contributed by atoms with van der Waals surface area (Å²) in [6, 6.07) is 21.4. The lowest BCUT2D eigenvalue weighted by Crippen LogP contribution is -2.51. The second-order valence-corrected chi connectivity index (χ2v) is 12.3. The number of amides is 2. The van der Waals surface area contributed by atoms with E-state index in [1.807, 2.05) is 19.1 Å². The predicted molar refractivity (Wildman–Crippen MR) is 161 cm³/mol. The first kappa shape index (κ1) is 31.2. The van der Waals surface area contributed by atoms with Crippen molar-refractivity contribution in [3.63, 3.8) is 0 Å². The van der Waals surface area contributed by atoms with E-state index in [0.29, 0.717) is 17.3 Å². The Kier molecular flexibility index (Phi) is 11.2. The molecule has 0 fully saturated rings. The fraction of sp³-hybridized carbons (Fsp3) is 0.355. The molecule has 0 heterocycles. The Bertz CT molecular complexity index is 1360. The van der Waals surface area contributed by atoms with Crippen molar-refractivity contribution < 1.29 is 18.0 Å². The molecule has 0 spiro atoms. The van der Waals surface area contributed by atoms with E-state index in [1.165, 1.54) is 17.0 Å². The maximum Gasteiger partial charge on any atom is 0.264 e. The molecule has 0 aliphatic heterocycles. The summed E-state index contributed by atoms with van der Waals surface area (Å²) < 4.78 is 28.8. The molecule has 3 aromatic rings.